The first kappa shape index (κ1) is 24.5. The second-order valence-corrected chi connectivity index (χ2v) is 7.72. The Kier molecular flexibility index (Phi) is 10.9. The van der Waals surface area contributed by atoms with E-state index in [9.17, 15) is 9.59 Å². The molecule has 2 atom stereocenters. The Morgan fingerprint density at radius 1 is 0.966 bits per heavy atom. The van der Waals surface area contributed by atoms with Gasteiger partial charge in [0.15, 0.2) is 0 Å². The lowest BCUT2D eigenvalue weighted by Gasteiger charge is -2.31. The molecule has 2 unspecified atom stereocenters. The molecule has 0 bridgehead atoms. The van der Waals surface area contributed by atoms with E-state index in [0.717, 1.165) is 11.8 Å². The molecule has 0 heterocycles. The summed E-state index contributed by atoms with van der Waals surface area (Å²) >= 11 is 0. The van der Waals surface area contributed by atoms with Crippen LogP contribution in [-0.2, 0) is 14.3 Å². The summed E-state index contributed by atoms with van der Waals surface area (Å²) in [7, 11) is 0. The van der Waals surface area contributed by atoms with Gasteiger partial charge >= 0.3 is 12.1 Å². The van der Waals surface area contributed by atoms with Gasteiger partial charge < -0.3 is 19.5 Å². The highest BCUT2D eigenvalue weighted by atomic mass is 16.6. The second kappa shape index (κ2) is 12.9. The third-order valence-corrected chi connectivity index (χ3v) is 4.97. The fraction of sp³-hybridized carbons (Fsp3) is 0.565. The number of hydrogen-bond donors (Lipinski definition) is 1. The Morgan fingerprint density at radius 2 is 1.62 bits per heavy atom. The van der Waals surface area contributed by atoms with Crippen LogP contribution in [0.15, 0.2) is 36.9 Å². The van der Waals surface area contributed by atoms with Crippen LogP contribution in [0.4, 0.5) is 4.79 Å². The molecule has 0 saturated heterocycles. The van der Waals surface area contributed by atoms with E-state index in [1.54, 1.807) is 0 Å². The molecule has 1 aromatic carbocycles. The van der Waals surface area contributed by atoms with Crippen molar-refractivity contribution in [1.82, 2.24) is 5.32 Å². The smallest absolute Gasteiger partial charge is 0.407 e. The summed E-state index contributed by atoms with van der Waals surface area (Å²) in [6.45, 7) is 15.3. The maximum atomic E-state index is 11.5. The lowest BCUT2D eigenvalue weighted by Crippen LogP contribution is -2.29. The number of alkyl carbamates (subject to hydrolysis) is 1. The SMILES string of the molecule is C=CC(=O)OCCNC(=O)OCCOc1ccc(C(C(C)C)C(C)C(C)C)cc1. The molecule has 0 saturated carbocycles. The van der Waals surface area contributed by atoms with Crippen LogP contribution in [0, 0.1) is 17.8 Å². The minimum absolute atomic E-state index is 0.0651. The Hall–Kier alpha value is -2.50. The van der Waals surface area contributed by atoms with Gasteiger partial charge in [0.05, 0.1) is 6.54 Å². The van der Waals surface area contributed by atoms with Crippen molar-refractivity contribution in [3.63, 3.8) is 0 Å². The van der Waals surface area contributed by atoms with E-state index < -0.39 is 12.1 Å². The minimum Gasteiger partial charge on any atom is -0.490 e. The van der Waals surface area contributed by atoms with Crippen LogP contribution in [0.2, 0.25) is 0 Å². The molecule has 1 amide bonds. The molecular weight excluding hydrogens is 370 g/mol. The normalized spacial score (nSPS) is 12.9. The molecule has 0 aromatic heterocycles. The van der Waals surface area contributed by atoms with Gasteiger partial charge in [0.1, 0.15) is 25.6 Å². The van der Waals surface area contributed by atoms with Gasteiger partial charge in [-0.3, -0.25) is 0 Å². The number of carbonyl (C=O) groups excluding carboxylic acids is 2. The van der Waals surface area contributed by atoms with Crippen molar-refractivity contribution in [3.8, 4) is 5.75 Å². The van der Waals surface area contributed by atoms with Crippen molar-refractivity contribution in [2.45, 2.75) is 40.5 Å². The molecular formula is C23H35NO5. The number of hydrogen-bond acceptors (Lipinski definition) is 5. The monoisotopic (exact) mass is 405 g/mol. The lowest BCUT2D eigenvalue weighted by molar-refractivity contribution is -0.137. The van der Waals surface area contributed by atoms with Gasteiger partial charge in [-0.15, -0.1) is 0 Å². The quantitative estimate of drug-likeness (QED) is 0.314. The summed E-state index contributed by atoms with van der Waals surface area (Å²) in [5.41, 5.74) is 1.32. The highest BCUT2D eigenvalue weighted by molar-refractivity contribution is 5.81. The molecule has 162 valence electrons. The molecule has 0 aliphatic heterocycles. The molecule has 1 rings (SSSR count). The number of esters is 1. The predicted molar refractivity (Wildman–Crippen MR) is 114 cm³/mol. The van der Waals surface area contributed by atoms with Crippen molar-refractivity contribution >= 4 is 12.1 Å². The van der Waals surface area contributed by atoms with E-state index >= 15 is 0 Å². The van der Waals surface area contributed by atoms with E-state index in [-0.39, 0.29) is 26.4 Å². The van der Waals surface area contributed by atoms with E-state index in [1.165, 1.54) is 5.56 Å². The molecule has 0 radical (unpaired) electrons. The van der Waals surface area contributed by atoms with E-state index in [4.69, 9.17) is 14.2 Å². The lowest BCUT2D eigenvalue weighted by atomic mass is 9.74. The van der Waals surface area contributed by atoms with Crippen LogP contribution in [0.3, 0.4) is 0 Å². The maximum absolute atomic E-state index is 11.5. The zero-order valence-corrected chi connectivity index (χ0v) is 18.3. The predicted octanol–water partition coefficient (Wildman–Crippen LogP) is 4.55. The van der Waals surface area contributed by atoms with Crippen molar-refractivity contribution < 1.29 is 23.8 Å². The number of nitrogens with one attached hydrogen (secondary N) is 1. The number of amides is 1. The second-order valence-electron chi connectivity index (χ2n) is 7.72. The maximum Gasteiger partial charge on any atom is 0.407 e. The van der Waals surface area contributed by atoms with Crippen LogP contribution < -0.4 is 10.1 Å². The molecule has 0 aliphatic carbocycles. The van der Waals surface area contributed by atoms with Gasteiger partial charge in [-0.25, -0.2) is 9.59 Å². The topological polar surface area (TPSA) is 73.9 Å². The van der Waals surface area contributed by atoms with Crippen LogP contribution in [-0.4, -0.2) is 38.4 Å². The molecule has 6 heteroatoms. The van der Waals surface area contributed by atoms with Gasteiger partial charge in [-0.1, -0.05) is 53.3 Å². The Labute approximate surface area is 174 Å². The van der Waals surface area contributed by atoms with Gasteiger partial charge in [-0.05, 0) is 41.4 Å². The first-order valence-electron chi connectivity index (χ1n) is 10.2. The summed E-state index contributed by atoms with van der Waals surface area (Å²) < 4.78 is 15.4. The largest absolute Gasteiger partial charge is 0.490 e. The fourth-order valence-corrected chi connectivity index (χ4v) is 3.21. The van der Waals surface area contributed by atoms with Gasteiger partial charge in [0, 0.05) is 6.08 Å². The number of ether oxygens (including phenoxy) is 3. The highest BCUT2D eigenvalue weighted by Gasteiger charge is 2.24. The van der Waals surface area contributed by atoms with Gasteiger partial charge in [0.25, 0.3) is 0 Å². The third-order valence-electron chi connectivity index (χ3n) is 4.97. The van der Waals surface area contributed by atoms with E-state index in [1.807, 2.05) is 12.1 Å². The Balaban J connectivity index is 2.36. The molecule has 29 heavy (non-hydrogen) atoms. The summed E-state index contributed by atoms with van der Waals surface area (Å²) in [5, 5.41) is 2.48. The van der Waals surface area contributed by atoms with Crippen molar-refractivity contribution in [3.05, 3.63) is 42.5 Å². The average Bonchev–Trinajstić information content (AvgIpc) is 2.69. The van der Waals surface area contributed by atoms with Crippen LogP contribution in [0.25, 0.3) is 0 Å². The van der Waals surface area contributed by atoms with Crippen molar-refractivity contribution in [2.24, 2.45) is 17.8 Å². The first-order chi connectivity index (χ1) is 13.8. The average molecular weight is 406 g/mol. The zero-order chi connectivity index (χ0) is 21.8. The summed E-state index contributed by atoms with van der Waals surface area (Å²) in [5.74, 6) is 2.49. The third kappa shape index (κ3) is 9.03. The van der Waals surface area contributed by atoms with E-state index in [0.29, 0.717) is 23.7 Å². The van der Waals surface area contributed by atoms with E-state index in [2.05, 4.69) is 58.6 Å². The van der Waals surface area contributed by atoms with Gasteiger partial charge in [0.2, 0.25) is 0 Å². The number of carbonyl (C=O) groups is 2. The molecule has 1 aromatic rings. The standard InChI is InChI=1S/C23H35NO5/c1-7-21(25)28-13-12-24-23(26)29-15-14-27-20-10-8-19(9-11-20)22(17(4)5)18(6)16(2)3/h7-11,16-18,22H,1,12-15H2,2-6H3,(H,24,26). The van der Waals surface area contributed by atoms with Crippen LogP contribution in [0.1, 0.15) is 46.1 Å². The van der Waals surface area contributed by atoms with Crippen LogP contribution in [0.5, 0.6) is 5.75 Å². The molecule has 6 nitrogen and oxygen atoms in total. The molecule has 0 fully saturated rings. The van der Waals surface area contributed by atoms with Gasteiger partial charge in [-0.2, -0.15) is 0 Å². The summed E-state index contributed by atoms with van der Waals surface area (Å²) in [6, 6.07) is 8.17. The fourth-order valence-electron chi connectivity index (χ4n) is 3.21. The Bertz CT molecular complexity index is 639. The molecule has 1 N–H and O–H groups in total. The molecule has 0 spiro atoms. The minimum atomic E-state index is -0.582. The number of benzene rings is 1. The highest BCUT2D eigenvalue weighted by Crippen LogP contribution is 2.36. The van der Waals surface area contributed by atoms with Crippen molar-refractivity contribution in [1.29, 1.82) is 0 Å². The molecule has 0 aliphatic rings. The first-order valence-corrected chi connectivity index (χ1v) is 10.2. The van der Waals surface area contributed by atoms with Crippen molar-refractivity contribution in [2.75, 3.05) is 26.4 Å². The zero-order valence-electron chi connectivity index (χ0n) is 18.3. The number of rotatable bonds is 12. The summed E-state index contributed by atoms with van der Waals surface area (Å²) in [4.78, 5) is 22.4. The Morgan fingerprint density at radius 3 is 2.17 bits per heavy atom. The van der Waals surface area contributed by atoms with Crippen LogP contribution >= 0.6 is 0 Å². The summed E-state index contributed by atoms with van der Waals surface area (Å²) in [6.07, 6.45) is 0.483.